The van der Waals surface area contributed by atoms with Crippen LogP contribution in [0.2, 0.25) is 0 Å². The average molecular weight is 1870 g/mol. The Labute approximate surface area is 846 Å². The van der Waals surface area contributed by atoms with E-state index in [9.17, 15) is 0 Å². The van der Waals surface area contributed by atoms with Crippen molar-refractivity contribution in [3.8, 4) is 129 Å². The zero-order valence-electron chi connectivity index (χ0n) is 79.4. The fourth-order valence-electron chi connectivity index (χ4n) is 22.2. The maximum absolute atomic E-state index is 7.67. The van der Waals surface area contributed by atoms with Crippen LogP contribution in [-0.2, 0) is 0 Å². The highest BCUT2D eigenvalue weighted by Gasteiger charge is 2.25. The first-order valence-corrected chi connectivity index (χ1v) is 49.5. The van der Waals surface area contributed by atoms with Crippen LogP contribution < -0.4 is 0 Å². The highest BCUT2D eigenvalue weighted by atomic mass is 15.0. The zero-order valence-corrected chi connectivity index (χ0v) is 79.4. The minimum atomic E-state index is 0.626. The molecule has 0 aliphatic rings. The Kier molecular flexibility index (Phi) is 21.2. The van der Waals surface area contributed by atoms with E-state index in [1.807, 2.05) is 103 Å². The summed E-state index contributed by atoms with van der Waals surface area (Å²) in [7, 11) is 0. The van der Waals surface area contributed by atoms with Crippen LogP contribution >= 0.6 is 0 Å². The maximum Gasteiger partial charge on any atom is 0.188 e. The van der Waals surface area contributed by atoms with Crippen LogP contribution in [0.3, 0.4) is 0 Å². The maximum atomic E-state index is 7.67. The van der Waals surface area contributed by atoms with Gasteiger partial charge in [0.1, 0.15) is 0 Å². The second-order valence-corrected chi connectivity index (χ2v) is 37.5. The molecule has 0 saturated carbocycles. The fourth-order valence-corrected chi connectivity index (χ4v) is 22.2. The lowest BCUT2D eigenvalue weighted by atomic mass is 9.88. The van der Waals surface area contributed by atoms with Gasteiger partial charge < -0.3 is 4.57 Å². The highest BCUT2D eigenvalue weighted by Crippen LogP contribution is 2.50. The van der Waals surface area contributed by atoms with Crippen molar-refractivity contribution in [2.24, 2.45) is 0 Å². The van der Waals surface area contributed by atoms with Gasteiger partial charge in [-0.1, -0.05) is 431 Å². The lowest BCUT2D eigenvalue weighted by molar-refractivity contribution is 1.07. The molecule has 0 atom stereocenters. The minimum absolute atomic E-state index is 0.626. The Bertz CT molecular complexity index is 10300. The third-order valence-electron chi connectivity index (χ3n) is 29.1. The zero-order chi connectivity index (χ0) is 97.5. The van der Waals surface area contributed by atoms with E-state index in [1.165, 1.54) is 125 Å². The second kappa shape index (κ2) is 36.2. The lowest BCUT2D eigenvalue weighted by Crippen LogP contribution is -2.00. The SMILES string of the molecule is [C-]#[N+]c1ccc(-c2cc3c(-c4ccc(-c5ccc6c(c5)c5cc([N+]#[C-])ccc5n6-c5ccccc5)cc4)nc4ccccc4c3c3ccccc23)cc1.c1ccc(-c2cc3c(-c4ccc(-c5ccc6ccc7cccc8ccc5c6c78)cc4)nc4ccccc4c3c3ccccc23)cc1.c1ccc(-c2nc(-c3ccccc3)nc(-c3ccc(-c4nc5ccccc5c5c4cc(-c4ccccc4)c4ccccc45)cc3)n2)cc1. The van der Waals surface area contributed by atoms with E-state index in [0.717, 1.165) is 138 Å². The van der Waals surface area contributed by atoms with Gasteiger partial charge in [-0.2, -0.15) is 0 Å². The van der Waals surface area contributed by atoms with Gasteiger partial charge >= 0.3 is 0 Å². The quantitative estimate of drug-likeness (QED) is 0.0894. The van der Waals surface area contributed by atoms with Crippen LogP contribution in [0.4, 0.5) is 11.4 Å². The number of benzene rings is 24. The van der Waals surface area contributed by atoms with Gasteiger partial charge in [0, 0.05) is 92.9 Å². The molecule has 29 aromatic rings. The number of hydrogen-bond donors (Lipinski definition) is 0. The van der Waals surface area contributed by atoms with Gasteiger partial charge in [-0.25, -0.2) is 39.6 Å². The van der Waals surface area contributed by atoms with Gasteiger partial charge in [-0.15, -0.1) is 0 Å². The van der Waals surface area contributed by atoms with Crippen molar-refractivity contribution < 1.29 is 0 Å². The molecule has 0 aliphatic carbocycles. The molecule has 0 N–H and O–H groups in total. The van der Waals surface area contributed by atoms with Crippen LogP contribution in [0.5, 0.6) is 0 Å². The summed E-state index contributed by atoms with van der Waals surface area (Å²) in [5.74, 6) is 1.92. The summed E-state index contributed by atoms with van der Waals surface area (Å²) < 4.78 is 2.28. The first kappa shape index (κ1) is 86.0. The number of nitrogens with zero attached hydrogens (tertiary/aromatic N) is 9. The second-order valence-electron chi connectivity index (χ2n) is 37.5. The molecule has 24 aromatic carbocycles. The summed E-state index contributed by atoms with van der Waals surface area (Å²) >= 11 is 0. The number of aromatic nitrogens is 7. The Morgan fingerprint density at radius 3 is 0.905 bits per heavy atom. The lowest BCUT2D eigenvalue weighted by Gasteiger charge is -2.17. The first-order chi connectivity index (χ1) is 72.8. The summed E-state index contributed by atoms with van der Waals surface area (Å²) in [5, 5.41) is 27.8. The summed E-state index contributed by atoms with van der Waals surface area (Å²) in [6.45, 7) is 15.1. The van der Waals surface area contributed by atoms with Crippen LogP contribution in [-0.4, -0.2) is 34.5 Å². The van der Waals surface area contributed by atoms with Gasteiger partial charge in [0.25, 0.3) is 0 Å². The number of fused-ring (bicyclic) bond motifs is 18. The molecule has 0 fully saturated rings. The van der Waals surface area contributed by atoms with E-state index in [4.69, 9.17) is 43.0 Å². The van der Waals surface area contributed by atoms with E-state index in [2.05, 4.69) is 415 Å². The topological polar surface area (TPSA) is 91.0 Å². The molecule has 680 valence electrons. The average Bonchev–Trinajstić information content (AvgIpc) is 1.18. The molecule has 0 unspecified atom stereocenters. The van der Waals surface area contributed by atoms with Crippen molar-refractivity contribution in [1.29, 1.82) is 0 Å². The third kappa shape index (κ3) is 15.2. The largest absolute Gasteiger partial charge is 0.309 e. The molecule has 0 amide bonds. The molecule has 0 radical (unpaired) electrons. The number of pyridine rings is 3. The van der Waals surface area contributed by atoms with Crippen molar-refractivity contribution >= 4 is 163 Å². The first-order valence-electron chi connectivity index (χ1n) is 49.5. The normalized spacial score (nSPS) is 11.5. The summed E-state index contributed by atoms with van der Waals surface area (Å²) in [6.07, 6.45) is 0. The molecular formula is C138H83N9. The van der Waals surface area contributed by atoms with Crippen molar-refractivity contribution in [1.82, 2.24) is 34.5 Å². The van der Waals surface area contributed by atoms with Gasteiger partial charge in [-0.3, -0.25) is 0 Å². The predicted octanol–water partition coefficient (Wildman–Crippen LogP) is 37.2. The highest BCUT2D eigenvalue weighted by molar-refractivity contribution is 6.30. The number of para-hydroxylation sites is 4. The Morgan fingerprint density at radius 2 is 0.469 bits per heavy atom. The van der Waals surface area contributed by atoms with Crippen LogP contribution in [0.25, 0.3) is 290 Å². The van der Waals surface area contributed by atoms with Crippen molar-refractivity contribution in [2.75, 3.05) is 0 Å². The molecular weight excluding hydrogens is 1780 g/mol. The van der Waals surface area contributed by atoms with Crippen molar-refractivity contribution in [2.45, 2.75) is 0 Å². The van der Waals surface area contributed by atoms with Gasteiger partial charge in [0.15, 0.2) is 28.8 Å². The Morgan fingerprint density at radius 1 is 0.163 bits per heavy atom. The van der Waals surface area contributed by atoms with Crippen molar-refractivity contribution in [3.05, 3.63) is 526 Å². The fraction of sp³-hybridized carbons (Fsp3) is 0. The van der Waals surface area contributed by atoms with Gasteiger partial charge in [0.2, 0.25) is 0 Å². The molecule has 0 spiro atoms. The predicted molar refractivity (Wildman–Crippen MR) is 614 cm³/mol. The van der Waals surface area contributed by atoms with Crippen LogP contribution in [0, 0.1) is 13.1 Å². The van der Waals surface area contributed by atoms with Crippen LogP contribution in [0.15, 0.2) is 504 Å². The van der Waals surface area contributed by atoms with E-state index < -0.39 is 0 Å². The van der Waals surface area contributed by atoms with Gasteiger partial charge in [-0.05, 0) is 198 Å². The molecule has 0 aliphatic heterocycles. The summed E-state index contributed by atoms with van der Waals surface area (Å²) in [6, 6.07) is 177. The molecule has 5 aromatic heterocycles. The van der Waals surface area contributed by atoms with Crippen molar-refractivity contribution in [3.63, 3.8) is 0 Å². The molecule has 29 rings (SSSR count). The van der Waals surface area contributed by atoms with E-state index in [1.54, 1.807) is 0 Å². The Hall–Kier alpha value is -20.1. The monoisotopic (exact) mass is 1870 g/mol. The smallest absolute Gasteiger partial charge is 0.188 e. The molecule has 9 nitrogen and oxygen atoms in total. The third-order valence-corrected chi connectivity index (χ3v) is 29.1. The van der Waals surface area contributed by atoms with E-state index >= 15 is 0 Å². The summed E-state index contributed by atoms with van der Waals surface area (Å²) in [5.41, 5.74) is 28.0. The summed E-state index contributed by atoms with van der Waals surface area (Å²) in [4.78, 5) is 38.0. The van der Waals surface area contributed by atoms with Crippen LogP contribution in [0.1, 0.15) is 0 Å². The minimum Gasteiger partial charge on any atom is -0.309 e. The molecule has 0 saturated heterocycles. The van der Waals surface area contributed by atoms with E-state index in [0.29, 0.717) is 28.8 Å². The van der Waals surface area contributed by atoms with Gasteiger partial charge in [0.05, 0.1) is 57.8 Å². The standard InChI is InChI=1S/C49H28N4.C45H27N.C44H28N4/c1-50-35-23-20-32(21-24-35)41-30-44-48(39-13-7-6-12-38(39)41)40-14-8-9-15-45(40)52-49(44)33-18-16-31(17-19-33)34-22-26-46-42(28-34)43-29-36(51-2)25-27-47(43)53(46)37-10-4-3-5-11-37;1-2-9-28(10-3-1)39-27-40-44(36-14-5-4-13-35(36)39)38-15-6-7-16-41(38)46-45(40)33-21-17-29(18-22-33)34-25-23-32-20-19-30-11-8-12-31-24-26-37(34)43(32)42(30)31;1-4-14-29(15-5-1)37-28-38-40(35-21-11-10-20-34(35)37)36-22-12-13-23-39(36)45-41(38)30-24-26-33(27-25-30)44-47-42(31-16-6-2-7-17-31)46-43(48-44)32-18-8-3-9-19-32/h3-30H;1-27H;1-28H. The molecule has 9 heteroatoms. The molecule has 0 bridgehead atoms. The Balaban J connectivity index is 0.000000109. The van der Waals surface area contributed by atoms with E-state index in [-0.39, 0.29) is 0 Å². The molecule has 147 heavy (non-hydrogen) atoms. The number of rotatable bonds is 12. The number of hydrogen-bond acceptors (Lipinski definition) is 6. The molecule has 5 heterocycles.